The molecule has 4 rings (SSSR count). The molecule has 10 atom stereocenters. The lowest BCUT2D eigenvalue weighted by molar-refractivity contribution is -0.171. The highest BCUT2D eigenvalue weighted by atomic mass is 16.3. The number of carbonyl (C=O) groups excluding carboxylic acids is 1. The van der Waals surface area contributed by atoms with Crippen molar-refractivity contribution in [3.8, 4) is 6.07 Å². The van der Waals surface area contributed by atoms with Crippen LogP contribution in [-0.2, 0) is 4.79 Å². The topological polar surface area (TPSA) is 81.3 Å². The summed E-state index contributed by atoms with van der Waals surface area (Å²) in [5, 5.41) is 30.6. The number of hydrogen-bond donors (Lipinski definition) is 2. The average molecular weight is 360 g/mol. The molecule has 4 aliphatic rings. The van der Waals surface area contributed by atoms with Gasteiger partial charge in [0.2, 0.25) is 0 Å². The normalized spacial score (nSPS) is 54.6. The van der Waals surface area contributed by atoms with Crippen LogP contribution >= 0.6 is 0 Å². The van der Waals surface area contributed by atoms with Gasteiger partial charge in [-0.1, -0.05) is 13.8 Å². The second-order valence-electron chi connectivity index (χ2n) is 10.3. The number of hydrogen-bond acceptors (Lipinski definition) is 4. The molecular formula is C22H33NO3. The third-order valence-electron chi connectivity index (χ3n) is 9.27. The lowest BCUT2D eigenvalue weighted by Gasteiger charge is -2.62. The Balaban J connectivity index is 1.68. The maximum absolute atomic E-state index is 12.9. The Morgan fingerprint density at radius 1 is 1.08 bits per heavy atom. The summed E-state index contributed by atoms with van der Waals surface area (Å²) >= 11 is 0. The lowest BCUT2D eigenvalue weighted by Crippen LogP contribution is -2.58. The van der Waals surface area contributed by atoms with Crippen molar-refractivity contribution in [3.63, 3.8) is 0 Å². The summed E-state index contributed by atoms with van der Waals surface area (Å²) in [7, 11) is 0. The number of rotatable bonds is 1. The molecule has 4 heteroatoms. The van der Waals surface area contributed by atoms with Gasteiger partial charge in [-0.3, -0.25) is 4.79 Å². The van der Waals surface area contributed by atoms with E-state index in [1.165, 1.54) is 0 Å². The Bertz CT molecular complexity index is 642. The molecule has 4 aliphatic carbocycles. The third-order valence-corrected chi connectivity index (χ3v) is 9.27. The first kappa shape index (κ1) is 18.4. The SMILES string of the molecule is C[C@H](C#N)[C@H]1C(=O)C[C@H]2C3C[C@H](O)[C@H]4CC(O)CCC4(C)[C@H]3CCC12C. The highest BCUT2D eigenvalue weighted by molar-refractivity contribution is 5.85. The van der Waals surface area contributed by atoms with Gasteiger partial charge in [0.05, 0.1) is 24.2 Å². The van der Waals surface area contributed by atoms with Crippen molar-refractivity contribution in [3.05, 3.63) is 0 Å². The number of nitrogens with zero attached hydrogens (tertiary/aromatic N) is 1. The number of aliphatic hydroxyl groups is 2. The summed E-state index contributed by atoms with van der Waals surface area (Å²) in [5.74, 6) is 1.29. The van der Waals surface area contributed by atoms with E-state index < -0.39 is 0 Å². The number of carbonyl (C=O) groups is 1. The van der Waals surface area contributed by atoms with Crippen LogP contribution in [0, 0.1) is 57.7 Å². The van der Waals surface area contributed by atoms with Gasteiger partial charge in [0, 0.05) is 12.3 Å². The van der Waals surface area contributed by atoms with E-state index in [9.17, 15) is 20.3 Å². The molecule has 0 aromatic rings. The number of Topliss-reactive ketones (excluding diaryl/α,β-unsaturated/α-hetero) is 1. The van der Waals surface area contributed by atoms with E-state index in [-0.39, 0.29) is 46.6 Å². The molecule has 4 unspecified atom stereocenters. The zero-order valence-corrected chi connectivity index (χ0v) is 16.3. The van der Waals surface area contributed by atoms with Crippen LogP contribution in [0.15, 0.2) is 0 Å². The van der Waals surface area contributed by atoms with E-state index >= 15 is 0 Å². The average Bonchev–Trinajstić information content (AvgIpc) is 2.86. The van der Waals surface area contributed by atoms with E-state index in [2.05, 4.69) is 19.9 Å². The van der Waals surface area contributed by atoms with Gasteiger partial charge in [0.1, 0.15) is 5.78 Å². The Kier molecular flexibility index (Phi) is 4.29. The van der Waals surface area contributed by atoms with Crippen molar-refractivity contribution >= 4 is 5.78 Å². The highest BCUT2D eigenvalue weighted by Gasteiger charge is 2.64. The first-order valence-corrected chi connectivity index (χ1v) is 10.5. The fraction of sp³-hybridized carbons (Fsp3) is 0.909. The van der Waals surface area contributed by atoms with Gasteiger partial charge in [-0.2, -0.15) is 5.26 Å². The molecule has 4 fully saturated rings. The predicted octanol–water partition coefficient (Wildman–Crippen LogP) is 3.32. The number of ketones is 1. The second kappa shape index (κ2) is 6.04. The van der Waals surface area contributed by atoms with Crippen LogP contribution in [0.4, 0.5) is 0 Å². The van der Waals surface area contributed by atoms with Crippen LogP contribution in [0.25, 0.3) is 0 Å². The smallest absolute Gasteiger partial charge is 0.138 e. The van der Waals surface area contributed by atoms with Crippen molar-refractivity contribution in [2.45, 2.75) is 77.9 Å². The molecule has 0 aromatic heterocycles. The molecule has 0 bridgehead atoms. The van der Waals surface area contributed by atoms with Crippen molar-refractivity contribution in [2.75, 3.05) is 0 Å². The van der Waals surface area contributed by atoms with Crippen LogP contribution in [0.5, 0.6) is 0 Å². The Morgan fingerprint density at radius 2 is 1.77 bits per heavy atom. The van der Waals surface area contributed by atoms with Gasteiger partial charge >= 0.3 is 0 Å². The zero-order valence-electron chi connectivity index (χ0n) is 16.3. The Labute approximate surface area is 157 Å². The largest absolute Gasteiger partial charge is 0.393 e. The molecule has 0 heterocycles. The van der Waals surface area contributed by atoms with Gasteiger partial charge < -0.3 is 10.2 Å². The summed E-state index contributed by atoms with van der Waals surface area (Å²) in [6.07, 6.45) is 5.34. The highest BCUT2D eigenvalue weighted by Crippen LogP contribution is 2.67. The minimum atomic E-state index is -0.374. The predicted molar refractivity (Wildman–Crippen MR) is 97.8 cm³/mol. The van der Waals surface area contributed by atoms with Crippen molar-refractivity contribution in [1.29, 1.82) is 5.26 Å². The quantitative estimate of drug-likeness (QED) is 0.752. The van der Waals surface area contributed by atoms with Crippen LogP contribution in [0.2, 0.25) is 0 Å². The number of fused-ring (bicyclic) bond motifs is 5. The number of aliphatic hydroxyl groups excluding tert-OH is 2. The summed E-state index contributed by atoms with van der Waals surface area (Å²) in [5.41, 5.74) is -0.0185. The monoisotopic (exact) mass is 359 g/mol. The Hall–Kier alpha value is -0.920. The molecule has 0 saturated heterocycles. The van der Waals surface area contributed by atoms with Gasteiger partial charge in [0.15, 0.2) is 0 Å². The van der Waals surface area contributed by atoms with Gasteiger partial charge in [-0.05, 0) is 80.0 Å². The maximum atomic E-state index is 12.9. The minimum absolute atomic E-state index is 0.0743. The molecule has 0 aromatic carbocycles. The molecule has 0 aliphatic heterocycles. The molecule has 0 radical (unpaired) electrons. The van der Waals surface area contributed by atoms with Crippen molar-refractivity contribution < 1.29 is 15.0 Å². The molecule has 4 nitrogen and oxygen atoms in total. The fourth-order valence-corrected chi connectivity index (χ4v) is 8.03. The van der Waals surface area contributed by atoms with Crippen molar-refractivity contribution in [2.24, 2.45) is 46.3 Å². The van der Waals surface area contributed by atoms with Gasteiger partial charge in [-0.15, -0.1) is 0 Å². The van der Waals surface area contributed by atoms with Crippen LogP contribution in [-0.4, -0.2) is 28.2 Å². The summed E-state index contributed by atoms with van der Waals surface area (Å²) in [4.78, 5) is 12.9. The van der Waals surface area contributed by atoms with E-state index in [0.29, 0.717) is 24.2 Å². The van der Waals surface area contributed by atoms with Crippen LogP contribution < -0.4 is 0 Å². The van der Waals surface area contributed by atoms with E-state index in [1.807, 2.05) is 6.92 Å². The summed E-state index contributed by atoms with van der Waals surface area (Å²) < 4.78 is 0. The van der Waals surface area contributed by atoms with Gasteiger partial charge in [0.25, 0.3) is 0 Å². The summed E-state index contributed by atoms with van der Waals surface area (Å²) in [6.45, 7) is 6.47. The molecule has 26 heavy (non-hydrogen) atoms. The molecule has 0 spiro atoms. The van der Waals surface area contributed by atoms with Crippen LogP contribution in [0.3, 0.4) is 0 Å². The fourth-order valence-electron chi connectivity index (χ4n) is 8.03. The molecule has 144 valence electrons. The first-order chi connectivity index (χ1) is 12.2. The van der Waals surface area contributed by atoms with E-state index in [4.69, 9.17) is 0 Å². The van der Waals surface area contributed by atoms with E-state index in [0.717, 1.165) is 38.5 Å². The molecule has 2 N–H and O–H groups in total. The zero-order chi connectivity index (χ0) is 18.9. The summed E-state index contributed by atoms with van der Waals surface area (Å²) in [6, 6.07) is 2.34. The number of nitriles is 1. The maximum Gasteiger partial charge on any atom is 0.138 e. The second-order valence-corrected chi connectivity index (χ2v) is 10.3. The molecule has 4 saturated carbocycles. The van der Waals surface area contributed by atoms with Gasteiger partial charge in [-0.25, -0.2) is 0 Å². The third kappa shape index (κ3) is 2.36. The van der Waals surface area contributed by atoms with E-state index in [1.54, 1.807) is 0 Å². The lowest BCUT2D eigenvalue weighted by atomic mass is 9.44. The van der Waals surface area contributed by atoms with Crippen LogP contribution in [0.1, 0.15) is 65.7 Å². The minimum Gasteiger partial charge on any atom is -0.393 e. The first-order valence-electron chi connectivity index (χ1n) is 10.5. The van der Waals surface area contributed by atoms with Crippen molar-refractivity contribution in [1.82, 2.24) is 0 Å². The standard InChI is InChI=1S/C22H33NO3/c1-12(11-23)20-19(26)10-16-14-9-18(25)17-8-13(24)4-6-21(17,2)15(14)5-7-22(16,20)3/h12-18,20,24-25H,4-10H2,1-3H3/t12-,13?,14?,15+,16+,17-,18+,20+,21?,22?/m1/s1. The molecule has 0 amide bonds. The Morgan fingerprint density at radius 3 is 2.46 bits per heavy atom. The molecular weight excluding hydrogens is 326 g/mol.